The second-order valence-corrected chi connectivity index (χ2v) is 4.67. The van der Waals surface area contributed by atoms with Crippen LogP contribution in [0.5, 0.6) is 23.0 Å². The lowest BCUT2D eigenvalue weighted by atomic mass is 10.2. The van der Waals surface area contributed by atoms with Gasteiger partial charge in [-0.1, -0.05) is 6.07 Å². The highest BCUT2D eigenvalue weighted by Gasteiger charge is 2.08. The molecule has 0 aliphatic carbocycles. The number of aromatic nitrogens is 1. The Morgan fingerprint density at radius 3 is 2.20 bits per heavy atom. The van der Waals surface area contributed by atoms with Crippen LogP contribution in [0.15, 0.2) is 42.6 Å². The van der Waals surface area contributed by atoms with Crippen molar-refractivity contribution in [3.8, 4) is 23.0 Å². The largest absolute Gasteiger partial charge is 0.504 e. The van der Waals surface area contributed by atoms with Gasteiger partial charge in [0.25, 0.3) is 0 Å². The van der Waals surface area contributed by atoms with E-state index in [0.717, 1.165) is 16.5 Å². The number of phenolic OH excluding ortho intramolecular Hbond substituents is 4. The maximum atomic E-state index is 9.57. The Hall–Kier alpha value is -2.82. The molecule has 0 bridgehead atoms. The third-order valence-corrected chi connectivity index (χ3v) is 3.26. The fourth-order valence-electron chi connectivity index (χ4n) is 2.22. The molecule has 0 radical (unpaired) electrons. The Morgan fingerprint density at radius 1 is 0.750 bits per heavy atom. The van der Waals surface area contributed by atoms with Crippen molar-refractivity contribution in [2.24, 2.45) is 0 Å². The van der Waals surface area contributed by atoms with Gasteiger partial charge in [0.1, 0.15) is 0 Å². The summed E-state index contributed by atoms with van der Waals surface area (Å²) in [5.74, 6) is -0.656. The number of nitrogens with zero attached hydrogens (tertiary/aromatic N) is 1. The summed E-state index contributed by atoms with van der Waals surface area (Å²) in [6.45, 7) is 0.474. The third kappa shape index (κ3) is 1.99. The fourth-order valence-corrected chi connectivity index (χ4v) is 2.22. The first-order valence-electron chi connectivity index (χ1n) is 6.06. The van der Waals surface area contributed by atoms with Crippen LogP contribution in [0, 0.1) is 0 Å². The number of fused-ring (bicyclic) bond motifs is 1. The smallest absolute Gasteiger partial charge is 0.159 e. The molecule has 0 aliphatic heterocycles. The quantitative estimate of drug-likeness (QED) is 0.539. The van der Waals surface area contributed by atoms with Gasteiger partial charge in [0.2, 0.25) is 0 Å². The molecular weight excluding hydrogens is 258 g/mol. The van der Waals surface area contributed by atoms with Crippen molar-refractivity contribution in [2.45, 2.75) is 6.54 Å². The topological polar surface area (TPSA) is 85.9 Å². The van der Waals surface area contributed by atoms with Crippen molar-refractivity contribution in [1.82, 2.24) is 4.57 Å². The summed E-state index contributed by atoms with van der Waals surface area (Å²) in [5.41, 5.74) is 1.58. The number of phenols is 4. The van der Waals surface area contributed by atoms with E-state index in [2.05, 4.69) is 0 Å². The Bertz CT molecular complexity index is 792. The highest BCUT2D eigenvalue weighted by Crippen LogP contribution is 2.31. The second kappa shape index (κ2) is 4.38. The minimum absolute atomic E-state index is 0.155. The molecule has 0 amide bonds. The molecule has 5 nitrogen and oxygen atoms in total. The van der Waals surface area contributed by atoms with Gasteiger partial charge in [-0.15, -0.1) is 0 Å². The van der Waals surface area contributed by atoms with Crippen LogP contribution in [0.1, 0.15) is 5.56 Å². The predicted molar refractivity (Wildman–Crippen MR) is 74.1 cm³/mol. The maximum Gasteiger partial charge on any atom is 0.159 e. The Labute approximate surface area is 114 Å². The molecule has 102 valence electrons. The van der Waals surface area contributed by atoms with Gasteiger partial charge in [-0.25, -0.2) is 0 Å². The van der Waals surface area contributed by atoms with Gasteiger partial charge >= 0.3 is 0 Å². The molecule has 3 aromatic rings. The van der Waals surface area contributed by atoms with Crippen molar-refractivity contribution in [1.29, 1.82) is 0 Å². The zero-order valence-electron chi connectivity index (χ0n) is 10.5. The van der Waals surface area contributed by atoms with Crippen molar-refractivity contribution in [3.63, 3.8) is 0 Å². The van der Waals surface area contributed by atoms with E-state index >= 15 is 0 Å². The van der Waals surface area contributed by atoms with Crippen LogP contribution in [0.3, 0.4) is 0 Å². The van der Waals surface area contributed by atoms with Gasteiger partial charge in [0, 0.05) is 24.2 Å². The molecule has 4 N–H and O–H groups in total. The molecule has 0 spiro atoms. The van der Waals surface area contributed by atoms with Gasteiger partial charge < -0.3 is 25.0 Å². The van der Waals surface area contributed by atoms with E-state index in [1.54, 1.807) is 6.07 Å². The maximum absolute atomic E-state index is 9.57. The van der Waals surface area contributed by atoms with Crippen LogP contribution < -0.4 is 0 Å². The molecule has 0 saturated heterocycles. The lowest BCUT2D eigenvalue weighted by Gasteiger charge is -2.08. The summed E-state index contributed by atoms with van der Waals surface area (Å²) in [4.78, 5) is 0. The number of rotatable bonds is 2. The van der Waals surface area contributed by atoms with Crippen LogP contribution in [0.4, 0.5) is 0 Å². The summed E-state index contributed by atoms with van der Waals surface area (Å²) in [6.07, 6.45) is 1.83. The molecule has 0 atom stereocenters. The molecular formula is C15H13NO4. The molecule has 0 saturated carbocycles. The van der Waals surface area contributed by atoms with E-state index in [1.807, 2.05) is 16.8 Å². The van der Waals surface area contributed by atoms with E-state index in [9.17, 15) is 20.4 Å². The van der Waals surface area contributed by atoms with Gasteiger partial charge in [0.05, 0.1) is 5.52 Å². The number of benzene rings is 2. The summed E-state index contributed by atoms with van der Waals surface area (Å²) in [5, 5.41) is 38.6. The second-order valence-electron chi connectivity index (χ2n) is 4.67. The fraction of sp³-hybridized carbons (Fsp3) is 0.0667. The molecule has 1 heterocycles. The van der Waals surface area contributed by atoms with E-state index in [1.165, 1.54) is 24.3 Å². The lowest BCUT2D eigenvalue weighted by molar-refractivity contribution is 0.403. The van der Waals surface area contributed by atoms with E-state index in [4.69, 9.17) is 0 Å². The van der Waals surface area contributed by atoms with E-state index < -0.39 is 0 Å². The van der Waals surface area contributed by atoms with Crippen molar-refractivity contribution >= 4 is 10.9 Å². The van der Waals surface area contributed by atoms with Gasteiger partial charge in [-0.3, -0.25) is 0 Å². The zero-order valence-corrected chi connectivity index (χ0v) is 10.5. The van der Waals surface area contributed by atoms with Gasteiger partial charge in [-0.05, 0) is 29.8 Å². The van der Waals surface area contributed by atoms with Crippen molar-refractivity contribution in [3.05, 3.63) is 48.2 Å². The van der Waals surface area contributed by atoms with Crippen LogP contribution in [-0.4, -0.2) is 25.0 Å². The molecule has 0 fully saturated rings. The molecule has 2 aromatic carbocycles. The van der Waals surface area contributed by atoms with Gasteiger partial charge in [0.15, 0.2) is 23.0 Å². The molecule has 20 heavy (non-hydrogen) atoms. The van der Waals surface area contributed by atoms with Crippen LogP contribution in [0.2, 0.25) is 0 Å². The predicted octanol–water partition coefficient (Wildman–Crippen LogP) is 2.51. The van der Waals surface area contributed by atoms with Crippen LogP contribution in [-0.2, 0) is 6.54 Å². The standard InChI is InChI=1S/C15H13NO4/c17-12-2-1-9(5-13(12)18)8-16-4-3-10-6-14(19)15(20)7-11(10)16/h1-7,17-20H,8H2. The van der Waals surface area contributed by atoms with Crippen molar-refractivity contribution in [2.75, 3.05) is 0 Å². The lowest BCUT2D eigenvalue weighted by Crippen LogP contribution is -1.97. The molecule has 3 rings (SSSR count). The van der Waals surface area contributed by atoms with Crippen molar-refractivity contribution < 1.29 is 20.4 Å². The minimum Gasteiger partial charge on any atom is -0.504 e. The summed E-state index contributed by atoms with van der Waals surface area (Å²) in [7, 11) is 0. The molecule has 1 aromatic heterocycles. The zero-order chi connectivity index (χ0) is 14.3. The monoisotopic (exact) mass is 271 g/mol. The van der Waals surface area contributed by atoms with E-state index in [0.29, 0.717) is 6.54 Å². The SMILES string of the molecule is Oc1ccc(Cn2ccc3cc(O)c(O)cc32)cc1O. The first-order valence-corrected chi connectivity index (χ1v) is 6.06. The highest BCUT2D eigenvalue weighted by atomic mass is 16.3. The number of hydrogen-bond acceptors (Lipinski definition) is 4. The third-order valence-electron chi connectivity index (χ3n) is 3.26. The van der Waals surface area contributed by atoms with Gasteiger partial charge in [-0.2, -0.15) is 0 Å². The molecule has 0 unspecified atom stereocenters. The minimum atomic E-state index is -0.175. The molecule has 0 aliphatic rings. The average molecular weight is 271 g/mol. The Balaban J connectivity index is 2.02. The first-order chi connectivity index (χ1) is 9.54. The molecule has 5 heteroatoms. The summed E-state index contributed by atoms with van der Waals surface area (Å²) < 4.78 is 1.88. The van der Waals surface area contributed by atoms with Crippen LogP contribution in [0.25, 0.3) is 10.9 Å². The average Bonchev–Trinajstić information content (AvgIpc) is 2.77. The van der Waals surface area contributed by atoms with E-state index in [-0.39, 0.29) is 23.0 Å². The Kier molecular flexibility index (Phi) is 2.68. The van der Waals surface area contributed by atoms with Crippen LogP contribution >= 0.6 is 0 Å². The highest BCUT2D eigenvalue weighted by molar-refractivity contribution is 5.83. The number of aromatic hydroxyl groups is 4. The number of hydrogen-bond donors (Lipinski definition) is 4. The summed E-state index contributed by atoms with van der Waals surface area (Å²) in [6, 6.07) is 9.44. The normalized spacial score (nSPS) is 11.0. The Morgan fingerprint density at radius 2 is 1.45 bits per heavy atom. The first kappa shape index (κ1) is 12.2. The summed E-state index contributed by atoms with van der Waals surface area (Å²) >= 11 is 0.